The largest absolute Gasteiger partial charge is 0.673 e. The molecule has 0 spiro atoms. The van der Waals surface area contributed by atoms with Crippen LogP contribution in [0.15, 0.2) is 78.9 Å². The van der Waals surface area contributed by atoms with Crippen molar-refractivity contribution < 1.29 is 21.8 Å². The van der Waals surface area contributed by atoms with E-state index in [0.717, 1.165) is 0 Å². The lowest BCUT2D eigenvalue weighted by atomic mass is 10.1. The summed E-state index contributed by atoms with van der Waals surface area (Å²) in [6, 6.07) is 27.4. The fraction of sp³-hybridized carbons (Fsp3) is 0.0556. The van der Waals surface area contributed by atoms with Gasteiger partial charge in [-0.3, -0.25) is 0 Å². The summed E-state index contributed by atoms with van der Waals surface area (Å²) < 4.78 is 41.3. The maximum Gasteiger partial charge on any atom is 0.673 e. The molecule has 1 nitrogen and oxygen atoms in total. The molecule has 3 aromatic rings. The van der Waals surface area contributed by atoms with E-state index >= 15 is 0 Å². The smallest absolute Gasteiger partial charge is 0.418 e. The van der Waals surface area contributed by atoms with Crippen LogP contribution >= 0.6 is 0 Å². The molecule has 0 unspecified atom stereocenters. The molecule has 0 saturated carbocycles. The minimum Gasteiger partial charge on any atom is -0.418 e. The first-order valence-electron chi connectivity index (χ1n) is 7.36. The normalized spacial score (nSPS) is 10.7. The van der Waals surface area contributed by atoms with Crippen LogP contribution in [0.5, 0.6) is 0 Å². The third kappa shape index (κ3) is 5.23. The first-order valence-corrected chi connectivity index (χ1v) is 7.36. The van der Waals surface area contributed by atoms with Gasteiger partial charge in [-0.1, -0.05) is 36.4 Å². The number of rotatable bonds is 2. The summed E-state index contributed by atoms with van der Waals surface area (Å²) in [6.07, 6.45) is 0. The van der Waals surface area contributed by atoms with E-state index in [2.05, 4.69) is 78.2 Å². The Morgan fingerprint density at radius 2 is 1.17 bits per heavy atom. The van der Waals surface area contributed by atoms with E-state index in [9.17, 15) is 17.3 Å². The second kappa shape index (κ2) is 7.77. The molecule has 24 heavy (non-hydrogen) atoms. The maximum absolute atomic E-state index is 9.75. The van der Waals surface area contributed by atoms with Crippen LogP contribution in [0, 0.1) is 6.92 Å². The Morgan fingerprint density at radius 1 is 0.667 bits per heavy atom. The number of halogens is 4. The number of benzene rings is 2. The number of para-hydroxylation sites is 1. The van der Waals surface area contributed by atoms with Gasteiger partial charge in [0.1, 0.15) is 0 Å². The first kappa shape index (κ1) is 17.7. The molecule has 1 aromatic heterocycles. The number of hydrogen-bond acceptors (Lipinski definition) is 0. The van der Waals surface area contributed by atoms with Crippen LogP contribution in [0.2, 0.25) is 0 Å². The van der Waals surface area contributed by atoms with Crippen molar-refractivity contribution in [2.24, 2.45) is 0 Å². The van der Waals surface area contributed by atoms with Gasteiger partial charge in [0.05, 0.1) is 0 Å². The highest BCUT2D eigenvalue weighted by Gasteiger charge is 2.20. The standard InChI is InChI=1S/C18H16N.BF4/c1-15-9-8-14-18(16-10-4-2-5-11-16)19(15)17-12-6-3-7-13-17;2-1(3,4)5/h2-14H,1H3;/q+1;-1. The quantitative estimate of drug-likeness (QED) is 0.343. The number of nitrogens with zero attached hydrogens (tertiary/aromatic N) is 1. The highest BCUT2D eigenvalue weighted by atomic mass is 19.5. The monoisotopic (exact) mass is 333 g/mol. The van der Waals surface area contributed by atoms with E-state index in [4.69, 9.17) is 0 Å². The Balaban J connectivity index is 0.000000368. The van der Waals surface area contributed by atoms with E-state index in [1.165, 1.54) is 22.6 Å². The van der Waals surface area contributed by atoms with Crippen molar-refractivity contribution in [3.05, 3.63) is 84.6 Å². The first-order chi connectivity index (χ1) is 11.4. The summed E-state index contributed by atoms with van der Waals surface area (Å²) >= 11 is 0. The maximum atomic E-state index is 9.75. The number of hydrogen-bond donors (Lipinski definition) is 0. The third-order valence-electron chi connectivity index (χ3n) is 3.27. The van der Waals surface area contributed by atoms with Crippen molar-refractivity contribution in [2.75, 3.05) is 0 Å². The predicted molar refractivity (Wildman–Crippen MR) is 88.3 cm³/mol. The summed E-state index contributed by atoms with van der Waals surface area (Å²) in [5.74, 6) is 0. The Hall–Kier alpha value is -2.63. The SMILES string of the molecule is Cc1cccc(-c2ccccc2)[n+]1-c1ccccc1.F[B-](F)(F)F. The second-order valence-electron chi connectivity index (χ2n) is 5.08. The molecule has 0 atom stereocenters. The van der Waals surface area contributed by atoms with E-state index in [0.29, 0.717) is 0 Å². The molecule has 0 bridgehead atoms. The van der Waals surface area contributed by atoms with E-state index in [-0.39, 0.29) is 0 Å². The minimum absolute atomic E-state index is 1.19. The van der Waals surface area contributed by atoms with Gasteiger partial charge in [0, 0.05) is 36.8 Å². The summed E-state index contributed by atoms with van der Waals surface area (Å²) in [5, 5.41) is 0. The Bertz CT molecular complexity index is 768. The molecule has 0 saturated heterocycles. The molecule has 6 heteroatoms. The van der Waals surface area contributed by atoms with Gasteiger partial charge in [0.15, 0.2) is 5.69 Å². The Labute approximate surface area is 138 Å². The van der Waals surface area contributed by atoms with Crippen LogP contribution in [0.25, 0.3) is 16.9 Å². The molecule has 0 N–H and O–H groups in total. The van der Waals surface area contributed by atoms with Crippen molar-refractivity contribution in [3.63, 3.8) is 0 Å². The second-order valence-corrected chi connectivity index (χ2v) is 5.08. The molecular weight excluding hydrogens is 317 g/mol. The van der Waals surface area contributed by atoms with Crippen LogP contribution in [-0.2, 0) is 0 Å². The van der Waals surface area contributed by atoms with Crippen molar-refractivity contribution in [2.45, 2.75) is 6.92 Å². The molecule has 0 fully saturated rings. The van der Waals surface area contributed by atoms with Gasteiger partial charge in [-0.2, -0.15) is 4.57 Å². The van der Waals surface area contributed by atoms with Crippen molar-refractivity contribution >= 4 is 7.25 Å². The van der Waals surface area contributed by atoms with E-state index in [1.807, 2.05) is 12.1 Å². The van der Waals surface area contributed by atoms with Gasteiger partial charge >= 0.3 is 7.25 Å². The highest BCUT2D eigenvalue weighted by molar-refractivity contribution is 6.50. The van der Waals surface area contributed by atoms with Gasteiger partial charge in [0.25, 0.3) is 0 Å². The fourth-order valence-electron chi connectivity index (χ4n) is 2.37. The molecule has 0 radical (unpaired) electrons. The molecule has 124 valence electrons. The molecule has 1 heterocycles. The summed E-state index contributed by atoms with van der Waals surface area (Å²) in [5.41, 5.74) is 4.87. The zero-order valence-corrected chi connectivity index (χ0v) is 13.0. The summed E-state index contributed by atoms with van der Waals surface area (Å²) in [4.78, 5) is 0. The molecule has 0 aliphatic rings. The number of aryl methyl sites for hydroxylation is 1. The Kier molecular flexibility index (Phi) is 5.74. The topological polar surface area (TPSA) is 3.88 Å². The van der Waals surface area contributed by atoms with Crippen LogP contribution in [0.3, 0.4) is 0 Å². The van der Waals surface area contributed by atoms with Gasteiger partial charge < -0.3 is 17.3 Å². The average Bonchev–Trinajstić information content (AvgIpc) is 2.55. The summed E-state index contributed by atoms with van der Waals surface area (Å²) in [7, 11) is -6.00. The lowest BCUT2D eigenvalue weighted by Crippen LogP contribution is -2.36. The van der Waals surface area contributed by atoms with Crippen LogP contribution in [-0.4, -0.2) is 7.25 Å². The number of aromatic nitrogens is 1. The lowest BCUT2D eigenvalue weighted by Gasteiger charge is -2.06. The Morgan fingerprint density at radius 3 is 1.71 bits per heavy atom. The molecular formula is C18H16BF4N. The minimum atomic E-state index is -6.00. The van der Waals surface area contributed by atoms with Crippen LogP contribution < -0.4 is 4.57 Å². The zero-order chi connectivity index (χ0) is 17.6. The van der Waals surface area contributed by atoms with Crippen molar-refractivity contribution in [1.29, 1.82) is 0 Å². The molecule has 2 aromatic carbocycles. The number of pyridine rings is 1. The third-order valence-corrected chi connectivity index (χ3v) is 3.27. The van der Waals surface area contributed by atoms with Crippen molar-refractivity contribution in [3.8, 4) is 16.9 Å². The van der Waals surface area contributed by atoms with Gasteiger partial charge in [-0.15, -0.1) is 0 Å². The van der Waals surface area contributed by atoms with Crippen LogP contribution in [0.4, 0.5) is 17.3 Å². The van der Waals surface area contributed by atoms with Gasteiger partial charge in [-0.05, 0) is 18.2 Å². The molecule has 0 aliphatic carbocycles. The van der Waals surface area contributed by atoms with Gasteiger partial charge in [-0.25, -0.2) is 0 Å². The highest BCUT2D eigenvalue weighted by Crippen LogP contribution is 2.17. The predicted octanol–water partition coefficient (Wildman–Crippen LogP) is 5.24. The van der Waals surface area contributed by atoms with Crippen LogP contribution in [0.1, 0.15) is 5.69 Å². The van der Waals surface area contributed by atoms with Crippen molar-refractivity contribution in [1.82, 2.24) is 0 Å². The van der Waals surface area contributed by atoms with E-state index < -0.39 is 7.25 Å². The molecule has 0 aliphatic heterocycles. The average molecular weight is 333 g/mol. The summed E-state index contributed by atoms with van der Waals surface area (Å²) in [6.45, 7) is 2.14. The molecule has 3 rings (SSSR count). The zero-order valence-electron chi connectivity index (χ0n) is 13.0. The lowest BCUT2D eigenvalue weighted by molar-refractivity contribution is -0.591. The van der Waals surface area contributed by atoms with Gasteiger partial charge in [0.2, 0.25) is 11.4 Å². The molecule has 0 amide bonds. The fourth-order valence-corrected chi connectivity index (χ4v) is 2.37. The van der Waals surface area contributed by atoms with E-state index in [1.54, 1.807) is 0 Å².